The van der Waals surface area contributed by atoms with Crippen LogP contribution in [0.15, 0.2) is 72.9 Å². The molecule has 0 atom stereocenters. The van der Waals surface area contributed by atoms with E-state index in [1.54, 1.807) is 55.6 Å². The van der Waals surface area contributed by atoms with Crippen LogP contribution in [0.4, 0.5) is 22.0 Å². The molecule has 2 amide bonds. The largest absolute Gasteiger partial charge is 0.497 e. The van der Waals surface area contributed by atoms with Gasteiger partial charge in [0.2, 0.25) is 0 Å². The smallest absolute Gasteiger partial charge is 0.323 e. The first-order valence-corrected chi connectivity index (χ1v) is 11.4. The second kappa shape index (κ2) is 10.3. The Morgan fingerprint density at radius 1 is 0.857 bits per heavy atom. The number of benzene rings is 3. The predicted molar refractivity (Wildman–Crippen MR) is 137 cm³/mol. The fourth-order valence-electron chi connectivity index (χ4n) is 3.80. The maximum absolute atomic E-state index is 12.3. The molecule has 0 bridgehead atoms. The minimum absolute atomic E-state index is 0.336. The van der Waals surface area contributed by atoms with E-state index in [-0.39, 0.29) is 6.03 Å². The minimum atomic E-state index is -0.336. The van der Waals surface area contributed by atoms with Crippen molar-refractivity contribution in [3.63, 3.8) is 0 Å². The van der Waals surface area contributed by atoms with Crippen LogP contribution in [-0.2, 0) is 0 Å². The standard InChI is InChI=1S/C26H26N6O3/c1-34-20-6-2-18(3-7-20)29-26(33)30-19-4-8-21(9-5-19)35-22-10-11-23-24(16-22)31-25(17-28-23)32-14-12-27-13-15-32/h2-11,16-17,27H,12-15H2,1H3,(H2,29,30,33). The summed E-state index contributed by atoms with van der Waals surface area (Å²) in [6.45, 7) is 3.71. The van der Waals surface area contributed by atoms with Crippen LogP contribution < -0.4 is 30.3 Å². The molecule has 178 valence electrons. The number of nitrogens with one attached hydrogen (secondary N) is 3. The Hall–Kier alpha value is -4.37. The van der Waals surface area contributed by atoms with Gasteiger partial charge in [-0.3, -0.25) is 4.98 Å². The highest BCUT2D eigenvalue weighted by molar-refractivity contribution is 5.99. The minimum Gasteiger partial charge on any atom is -0.497 e. The number of aromatic nitrogens is 2. The van der Waals surface area contributed by atoms with Gasteiger partial charge in [0.15, 0.2) is 0 Å². The van der Waals surface area contributed by atoms with Gasteiger partial charge < -0.3 is 30.3 Å². The molecule has 1 saturated heterocycles. The highest BCUT2D eigenvalue weighted by atomic mass is 16.5. The van der Waals surface area contributed by atoms with E-state index in [2.05, 4.69) is 25.8 Å². The van der Waals surface area contributed by atoms with Crippen molar-refractivity contribution in [2.75, 3.05) is 48.8 Å². The van der Waals surface area contributed by atoms with E-state index in [9.17, 15) is 4.79 Å². The topological polar surface area (TPSA) is 101 Å². The number of rotatable bonds is 6. The van der Waals surface area contributed by atoms with Gasteiger partial charge in [0.1, 0.15) is 23.1 Å². The van der Waals surface area contributed by atoms with E-state index < -0.39 is 0 Å². The maximum atomic E-state index is 12.3. The van der Waals surface area contributed by atoms with Crippen LogP contribution >= 0.6 is 0 Å². The number of urea groups is 1. The Balaban J connectivity index is 1.22. The molecule has 0 unspecified atom stereocenters. The van der Waals surface area contributed by atoms with E-state index in [1.165, 1.54) is 0 Å². The van der Waals surface area contributed by atoms with Crippen molar-refractivity contribution in [3.05, 3.63) is 72.9 Å². The van der Waals surface area contributed by atoms with Crippen molar-refractivity contribution in [1.82, 2.24) is 15.3 Å². The number of carbonyl (C=O) groups excluding carboxylic acids is 1. The molecule has 1 aliphatic heterocycles. The second-order valence-electron chi connectivity index (χ2n) is 8.05. The first kappa shape index (κ1) is 22.4. The Morgan fingerprint density at radius 3 is 2.14 bits per heavy atom. The quantitative estimate of drug-likeness (QED) is 0.382. The molecule has 2 heterocycles. The Kier molecular flexibility index (Phi) is 6.58. The number of piperazine rings is 1. The SMILES string of the molecule is COc1ccc(NC(=O)Nc2ccc(Oc3ccc4ncc(N5CCNCC5)nc4c3)cc2)cc1. The van der Waals surface area contributed by atoms with E-state index in [0.29, 0.717) is 22.9 Å². The fraction of sp³-hybridized carbons (Fsp3) is 0.192. The molecule has 0 spiro atoms. The molecule has 0 radical (unpaired) electrons. The summed E-state index contributed by atoms with van der Waals surface area (Å²) in [5.41, 5.74) is 2.92. The molecule has 0 aliphatic carbocycles. The summed E-state index contributed by atoms with van der Waals surface area (Å²) >= 11 is 0. The molecule has 1 aromatic heterocycles. The van der Waals surface area contributed by atoms with Crippen molar-refractivity contribution in [1.29, 1.82) is 0 Å². The first-order chi connectivity index (χ1) is 17.2. The molecule has 3 N–H and O–H groups in total. The lowest BCUT2D eigenvalue weighted by Gasteiger charge is -2.28. The van der Waals surface area contributed by atoms with Gasteiger partial charge in [-0.05, 0) is 60.7 Å². The summed E-state index contributed by atoms with van der Waals surface area (Å²) in [6, 6.07) is 19.6. The molecule has 9 nitrogen and oxygen atoms in total. The molecular formula is C26H26N6O3. The zero-order valence-corrected chi connectivity index (χ0v) is 19.3. The number of carbonyl (C=O) groups is 1. The molecule has 0 saturated carbocycles. The van der Waals surface area contributed by atoms with Crippen LogP contribution in [0.2, 0.25) is 0 Å². The van der Waals surface area contributed by atoms with Gasteiger partial charge in [-0.15, -0.1) is 0 Å². The lowest BCUT2D eigenvalue weighted by Crippen LogP contribution is -2.43. The maximum Gasteiger partial charge on any atom is 0.323 e. The van der Waals surface area contributed by atoms with Crippen molar-refractivity contribution in [2.45, 2.75) is 0 Å². The zero-order valence-electron chi connectivity index (χ0n) is 19.3. The van der Waals surface area contributed by atoms with Gasteiger partial charge in [-0.1, -0.05) is 0 Å². The number of fused-ring (bicyclic) bond motifs is 1. The van der Waals surface area contributed by atoms with E-state index >= 15 is 0 Å². The monoisotopic (exact) mass is 470 g/mol. The van der Waals surface area contributed by atoms with Crippen LogP contribution in [0.3, 0.4) is 0 Å². The molecule has 35 heavy (non-hydrogen) atoms. The van der Waals surface area contributed by atoms with E-state index in [1.807, 2.05) is 24.4 Å². The summed E-state index contributed by atoms with van der Waals surface area (Å²) in [7, 11) is 1.60. The third-order valence-electron chi connectivity index (χ3n) is 5.64. The molecule has 9 heteroatoms. The number of anilines is 3. The molecule has 1 fully saturated rings. The molecule has 1 aliphatic rings. The Bertz CT molecular complexity index is 1310. The highest BCUT2D eigenvalue weighted by Crippen LogP contribution is 2.26. The Morgan fingerprint density at radius 2 is 1.49 bits per heavy atom. The van der Waals surface area contributed by atoms with Crippen molar-refractivity contribution >= 4 is 34.3 Å². The normalized spacial score (nSPS) is 13.3. The van der Waals surface area contributed by atoms with Gasteiger partial charge in [0.25, 0.3) is 0 Å². The Labute approximate surface area is 203 Å². The zero-order chi connectivity index (χ0) is 24.0. The van der Waals surface area contributed by atoms with Gasteiger partial charge >= 0.3 is 6.03 Å². The average Bonchev–Trinajstić information content (AvgIpc) is 2.90. The lowest BCUT2D eigenvalue weighted by atomic mass is 10.2. The summed E-state index contributed by atoms with van der Waals surface area (Å²) in [6.07, 6.45) is 1.82. The van der Waals surface area contributed by atoms with E-state index in [4.69, 9.17) is 14.5 Å². The predicted octanol–water partition coefficient (Wildman–Crippen LogP) is 4.48. The summed E-state index contributed by atoms with van der Waals surface area (Å²) < 4.78 is 11.1. The first-order valence-electron chi connectivity index (χ1n) is 11.4. The van der Waals surface area contributed by atoms with Crippen LogP contribution in [-0.4, -0.2) is 49.3 Å². The number of hydrogen-bond donors (Lipinski definition) is 3. The molecule has 3 aromatic carbocycles. The third kappa shape index (κ3) is 5.59. The van der Waals surface area contributed by atoms with Crippen molar-refractivity contribution < 1.29 is 14.3 Å². The van der Waals surface area contributed by atoms with Crippen molar-refractivity contribution in [3.8, 4) is 17.2 Å². The summed E-state index contributed by atoms with van der Waals surface area (Å²) in [5.74, 6) is 2.92. The number of ether oxygens (including phenoxy) is 2. The van der Waals surface area contributed by atoms with Crippen LogP contribution in [0, 0.1) is 0 Å². The molecule has 5 rings (SSSR count). The van der Waals surface area contributed by atoms with Gasteiger partial charge in [-0.25, -0.2) is 9.78 Å². The summed E-state index contributed by atoms with van der Waals surface area (Å²) in [5, 5.41) is 8.94. The van der Waals surface area contributed by atoms with Crippen LogP contribution in [0.25, 0.3) is 11.0 Å². The lowest BCUT2D eigenvalue weighted by molar-refractivity contribution is 0.262. The average molecular weight is 471 g/mol. The number of nitrogens with zero attached hydrogens (tertiary/aromatic N) is 3. The number of amides is 2. The van der Waals surface area contributed by atoms with Crippen LogP contribution in [0.1, 0.15) is 0 Å². The van der Waals surface area contributed by atoms with Gasteiger partial charge in [0.05, 0.1) is 24.3 Å². The van der Waals surface area contributed by atoms with Crippen LogP contribution in [0.5, 0.6) is 17.2 Å². The van der Waals surface area contributed by atoms with Crippen molar-refractivity contribution in [2.24, 2.45) is 0 Å². The molecule has 4 aromatic rings. The molecular weight excluding hydrogens is 444 g/mol. The van der Waals surface area contributed by atoms with Gasteiger partial charge in [-0.2, -0.15) is 0 Å². The number of methoxy groups -OCH3 is 1. The number of hydrogen-bond acceptors (Lipinski definition) is 7. The second-order valence-corrected chi connectivity index (χ2v) is 8.05. The van der Waals surface area contributed by atoms with E-state index in [0.717, 1.165) is 48.8 Å². The highest BCUT2D eigenvalue weighted by Gasteiger charge is 2.13. The fourth-order valence-corrected chi connectivity index (χ4v) is 3.80. The van der Waals surface area contributed by atoms with Gasteiger partial charge in [0, 0.05) is 43.6 Å². The third-order valence-corrected chi connectivity index (χ3v) is 5.64. The summed E-state index contributed by atoms with van der Waals surface area (Å²) in [4.78, 5) is 23.8.